The maximum absolute atomic E-state index is 5.52. The molecule has 1 heterocycles. The Labute approximate surface area is 90.5 Å². The van der Waals surface area contributed by atoms with E-state index in [0.29, 0.717) is 6.04 Å². The summed E-state index contributed by atoms with van der Waals surface area (Å²) >= 11 is 0. The van der Waals surface area contributed by atoms with Gasteiger partial charge in [-0.3, -0.25) is 4.68 Å². The summed E-state index contributed by atoms with van der Waals surface area (Å²) in [7, 11) is 0. The molecule has 0 amide bonds. The van der Waals surface area contributed by atoms with Crippen LogP contribution in [0.3, 0.4) is 0 Å². The van der Waals surface area contributed by atoms with E-state index in [4.69, 9.17) is 5.73 Å². The summed E-state index contributed by atoms with van der Waals surface area (Å²) in [6, 6.07) is 2.59. The van der Waals surface area contributed by atoms with Gasteiger partial charge in [0, 0.05) is 12.4 Å². The van der Waals surface area contributed by atoms with Gasteiger partial charge in [-0.2, -0.15) is 5.10 Å². The molecule has 0 spiro atoms. The third-order valence-corrected chi connectivity index (χ3v) is 2.44. The van der Waals surface area contributed by atoms with Crippen molar-refractivity contribution in [3.05, 3.63) is 18.5 Å². The molecular formula is C8H15Cl2N3. The van der Waals surface area contributed by atoms with E-state index in [-0.39, 0.29) is 24.8 Å². The minimum Gasteiger partial charge on any atom is -0.330 e. The van der Waals surface area contributed by atoms with Crippen LogP contribution in [0.5, 0.6) is 0 Å². The molecule has 2 rings (SSSR count). The molecule has 1 fully saturated rings. The lowest BCUT2D eigenvalue weighted by molar-refractivity contribution is 0.190. The van der Waals surface area contributed by atoms with Crippen molar-refractivity contribution in [2.45, 2.75) is 18.9 Å². The van der Waals surface area contributed by atoms with Crippen LogP contribution in [0.2, 0.25) is 0 Å². The molecule has 1 aliphatic carbocycles. The predicted molar refractivity (Wildman–Crippen MR) is 57.5 cm³/mol. The van der Waals surface area contributed by atoms with E-state index in [1.165, 1.54) is 12.8 Å². The first-order valence-corrected chi connectivity index (χ1v) is 4.09. The van der Waals surface area contributed by atoms with Gasteiger partial charge in [0.2, 0.25) is 0 Å². The molecule has 1 aliphatic rings. The molecular weight excluding hydrogens is 209 g/mol. The molecule has 1 saturated carbocycles. The second kappa shape index (κ2) is 5.47. The van der Waals surface area contributed by atoms with Crippen molar-refractivity contribution < 1.29 is 0 Å². The normalized spacial score (nSPS) is 25.3. The smallest absolute Gasteiger partial charge is 0.0525 e. The fourth-order valence-electron chi connectivity index (χ4n) is 1.61. The maximum Gasteiger partial charge on any atom is 0.0525 e. The van der Waals surface area contributed by atoms with Crippen LogP contribution in [0, 0.1) is 5.92 Å². The van der Waals surface area contributed by atoms with Gasteiger partial charge in [0.05, 0.1) is 6.04 Å². The molecule has 1 aromatic rings. The van der Waals surface area contributed by atoms with Crippen LogP contribution in [0.15, 0.2) is 18.5 Å². The van der Waals surface area contributed by atoms with Gasteiger partial charge < -0.3 is 5.73 Å². The zero-order valence-corrected chi connectivity index (χ0v) is 8.93. The Balaban J connectivity index is 0.000000720. The molecule has 3 nitrogen and oxygen atoms in total. The number of hydrogen-bond donors (Lipinski definition) is 1. The summed E-state index contributed by atoms with van der Waals surface area (Å²) in [5, 5.41) is 4.18. The highest BCUT2D eigenvalue weighted by atomic mass is 35.5. The third kappa shape index (κ3) is 2.59. The topological polar surface area (TPSA) is 43.8 Å². The van der Waals surface area contributed by atoms with Gasteiger partial charge in [-0.15, -0.1) is 24.8 Å². The van der Waals surface area contributed by atoms with Crippen LogP contribution in [0.1, 0.15) is 18.9 Å². The van der Waals surface area contributed by atoms with E-state index in [2.05, 4.69) is 5.10 Å². The summed E-state index contributed by atoms with van der Waals surface area (Å²) in [6.45, 7) is 0.831. The lowest BCUT2D eigenvalue weighted by Gasteiger charge is -2.34. The molecule has 0 saturated heterocycles. The number of halogens is 2. The molecule has 2 N–H and O–H groups in total. The molecule has 0 aromatic carbocycles. The third-order valence-electron chi connectivity index (χ3n) is 2.44. The first-order valence-electron chi connectivity index (χ1n) is 4.09. The van der Waals surface area contributed by atoms with Crippen LogP contribution >= 0.6 is 24.8 Å². The average molecular weight is 224 g/mol. The van der Waals surface area contributed by atoms with E-state index in [1.807, 2.05) is 23.1 Å². The first kappa shape index (κ1) is 12.8. The Morgan fingerprint density at radius 2 is 2.08 bits per heavy atom. The van der Waals surface area contributed by atoms with Gasteiger partial charge in [0.1, 0.15) is 0 Å². The van der Waals surface area contributed by atoms with Crippen molar-refractivity contribution in [1.29, 1.82) is 0 Å². The van der Waals surface area contributed by atoms with Crippen LogP contribution in [-0.4, -0.2) is 16.3 Å². The lowest BCUT2D eigenvalue weighted by Crippen LogP contribution is -2.32. The largest absolute Gasteiger partial charge is 0.330 e. The van der Waals surface area contributed by atoms with E-state index in [9.17, 15) is 0 Å². The van der Waals surface area contributed by atoms with Crippen LogP contribution < -0.4 is 5.73 Å². The zero-order chi connectivity index (χ0) is 7.68. The van der Waals surface area contributed by atoms with Crippen molar-refractivity contribution >= 4 is 24.8 Å². The Hall–Kier alpha value is -0.250. The fraction of sp³-hybridized carbons (Fsp3) is 0.625. The Morgan fingerprint density at radius 3 is 2.54 bits per heavy atom. The molecule has 1 aromatic heterocycles. The van der Waals surface area contributed by atoms with Crippen molar-refractivity contribution in [1.82, 2.24) is 9.78 Å². The van der Waals surface area contributed by atoms with E-state index in [0.717, 1.165) is 12.5 Å². The van der Waals surface area contributed by atoms with E-state index < -0.39 is 0 Å². The molecule has 0 unspecified atom stereocenters. The molecule has 5 heteroatoms. The second-order valence-corrected chi connectivity index (χ2v) is 3.21. The summed E-state index contributed by atoms with van der Waals surface area (Å²) < 4.78 is 2.03. The van der Waals surface area contributed by atoms with Gasteiger partial charge in [0.25, 0.3) is 0 Å². The van der Waals surface area contributed by atoms with Crippen molar-refractivity contribution in [2.75, 3.05) is 6.54 Å². The molecule has 0 atom stereocenters. The Kier molecular flexibility index (Phi) is 5.37. The SMILES string of the molecule is Cl.Cl.NCC1CC(n2cccn2)C1. The number of rotatable bonds is 2. The van der Waals surface area contributed by atoms with Crippen LogP contribution in [0.4, 0.5) is 0 Å². The first-order chi connectivity index (χ1) is 5.40. The summed E-state index contributed by atoms with van der Waals surface area (Å²) in [6.07, 6.45) is 6.27. The van der Waals surface area contributed by atoms with Gasteiger partial charge in [-0.1, -0.05) is 0 Å². The Morgan fingerprint density at radius 1 is 1.38 bits per heavy atom. The molecule has 0 aliphatic heterocycles. The minimum absolute atomic E-state index is 0. The lowest BCUT2D eigenvalue weighted by atomic mass is 9.80. The summed E-state index contributed by atoms with van der Waals surface area (Å²) in [5.74, 6) is 0.740. The van der Waals surface area contributed by atoms with Gasteiger partial charge in [0.15, 0.2) is 0 Å². The molecule has 76 valence electrons. The minimum atomic E-state index is 0. The van der Waals surface area contributed by atoms with Crippen molar-refractivity contribution in [3.63, 3.8) is 0 Å². The quantitative estimate of drug-likeness (QED) is 0.829. The molecule has 0 bridgehead atoms. The monoisotopic (exact) mass is 223 g/mol. The van der Waals surface area contributed by atoms with E-state index in [1.54, 1.807) is 0 Å². The highest BCUT2D eigenvalue weighted by Gasteiger charge is 2.29. The summed E-state index contributed by atoms with van der Waals surface area (Å²) in [4.78, 5) is 0. The highest BCUT2D eigenvalue weighted by Crippen LogP contribution is 2.35. The molecule has 13 heavy (non-hydrogen) atoms. The number of nitrogens with zero attached hydrogens (tertiary/aromatic N) is 2. The standard InChI is InChI=1S/C8H13N3.2ClH/c9-6-7-4-8(5-7)11-3-1-2-10-11;;/h1-3,7-8H,4-6,9H2;2*1H. The van der Waals surface area contributed by atoms with Crippen molar-refractivity contribution in [2.24, 2.45) is 11.7 Å². The van der Waals surface area contributed by atoms with Crippen molar-refractivity contribution in [3.8, 4) is 0 Å². The van der Waals surface area contributed by atoms with Gasteiger partial charge in [-0.25, -0.2) is 0 Å². The number of hydrogen-bond acceptors (Lipinski definition) is 2. The molecule has 0 radical (unpaired) electrons. The predicted octanol–water partition coefficient (Wildman–Crippen LogP) is 1.64. The van der Waals surface area contributed by atoms with Gasteiger partial charge in [-0.05, 0) is 31.4 Å². The highest BCUT2D eigenvalue weighted by molar-refractivity contribution is 5.85. The number of nitrogens with two attached hydrogens (primary N) is 1. The van der Waals surface area contributed by atoms with Crippen LogP contribution in [0.25, 0.3) is 0 Å². The Bertz CT molecular complexity index is 219. The maximum atomic E-state index is 5.52. The average Bonchev–Trinajstić information content (AvgIpc) is 2.37. The zero-order valence-electron chi connectivity index (χ0n) is 7.30. The van der Waals surface area contributed by atoms with E-state index >= 15 is 0 Å². The second-order valence-electron chi connectivity index (χ2n) is 3.21. The van der Waals surface area contributed by atoms with Gasteiger partial charge >= 0.3 is 0 Å². The fourth-order valence-corrected chi connectivity index (χ4v) is 1.61. The number of aromatic nitrogens is 2. The van der Waals surface area contributed by atoms with Crippen LogP contribution in [-0.2, 0) is 0 Å². The summed E-state index contributed by atoms with van der Waals surface area (Å²) in [5.41, 5.74) is 5.52.